The highest BCUT2D eigenvalue weighted by Crippen LogP contribution is 2.44. The minimum Gasteiger partial charge on any atom is -0.480 e. The largest absolute Gasteiger partial charge is 0.480 e. The molecule has 0 aromatic heterocycles. The summed E-state index contributed by atoms with van der Waals surface area (Å²) in [6.07, 6.45) is 2.25. The third kappa shape index (κ3) is 6.59. The smallest absolute Gasteiger partial charge is 0.407 e. The van der Waals surface area contributed by atoms with E-state index in [0.717, 1.165) is 0 Å². The molecule has 0 heterocycles. The summed E-state index contributed by atoms with van der Waals surface area (Å²) in [6, 6.07) is 15.6. The van der Waals surface area contributed by atoms with Crippen molar-refractivity contribution in [2.24, 2.45) is 5.92 Å². The van der Waals surface area contributed by atoms with E-state index in [4.69, 9.17) is 9.84 Å². The van der Waals surface area contributed by atoms with Gasteiger partial charge < -0.3 is 20.5 Å². The van der Waals surface area contributed by atoms with Crippen LogP contribution in [-0.4, -0.2) is 42.3 Å². The van der Waals surface area contributed by atoms with Gasteiger partial charge in [-0.05, 0) is 47.4 Å². The van der Waals surface area contributed by atoms with E-state index in [1.165, 1.54) is 22.3 Å². The van der Waals surface area contributed by atoms with Crippen molar-refractivity contribution in [2.45, 2.75) is 57.9 Å². The zero-order valence-corrected chi connectivity index (χ0v) is 19.9. The summed E-state index contributed by atoms with van der Waals surface area (Å²) in [4.78, 5) is 35.5. The minimum absolute atomic E-state index is 0.0259. The summed E-state index contributed by atoms with van der Waals surface area (Å²) in [5.74, 6) is -1.03. The first-order valence-corrected chi connectivity index (χ1v) is 12.0. The monoisotopic (exact) mass is 466 g/mol. The number of rotatable bonds is 12. The van der Waals surface area contributed by atoms with Crippen molar-refractivity contribution < 1.29 is 24.2 Å². The number of carbonyl (C=O) groups is 3. The molecule has 1 aliphatic rings. The van der Waals surface area contributed by atoms with Gasteiger partial charge in [0.15, 0.2) is 0 Å². The Balaban J connectivity index is 1.37. The van der Waals surface area contributed by atoms with Crippen LogP contribution >= 0.6 is 0 Å². The van der Waals surface area contributed by atoms with E-state index in [0.29, 0.717) is 32.2 Å². The Labute approximate surface area is 200 Å². The first-order valence-electron chi connectivity index (χ1n) is 12.0. The van der Waals surface area contributed by atoms with Gasteiger partial charge in [-0.25, -0.2) is 9.59 Å². The molecule has 0 spiro atoms. The number of amides is 2. The van der Waals surface area contributed by atoms with Crippen molar-refractivity contribution in [1.29, 1.82) is 0 Å². The van der Waals surface area contributed by atoms with Crippen molar-refractivity contribution >= 4 is 18.0 Å². The molecule has 7 nitrogen and oxygen atoms in total. The van der Waals surface area contributed by atoms with E-state index in [2.05, 4.69) is 34.9 Å². The highest BCUT2D eigenvalue weighted by Gasteiger charge is 2.29. The first kappa shape index (κ1) is 25.3. The zero-order chi connectivity index (χ0) is 24.5. The fraction of sp³-hybridized carbons (Fsp3) is 0.444. The Bertz CT molecular complexity index is 961. The lowest BCUT2D eigenvalue weighted by Gasteiger charge is -2.16. The highest BCUT2D eigenvalue weighted by molar-refractivity contribution is 5.83. The van der Waals surface area contributed by atoms with Gasteiger partial charge in [0.1, 0.15) is 12.6 Å². The SMILES string of the molecule is CCC[C@@H](NC(=O)CCC(C)CCNC(=O)OCC1c2ccccc2-c2ccccc21)C(=O)O. The molecule has 1 aliphatic carbocycles. The third-order valence-corrected chi connectivity index (χ3v) is 6.33. The van der Waals surface area contributed by atoms with E-state index in [1.54, 1.807) is 0 Å². The standard InChI is InChI=1S/C27H34N2O5/c1-3-8-24(26(31)32)29-25(30)14-13-18(2)15-16-28-27(33)34-17-23-21-11-6-4-9-19(21)20-10-5-7-12-22(20)23/h4-7,9-12,18,23-24H,3,8,13-17H2,1-2H3,(H,28,33)(H,29,30)(H,31,32)/t18?,24-/m1/s1. The lowest BCUT2D eigenvalue weighted by atomic mass is 9.98. The maximum Gasteiger partial charge on any atom is 0.407 e. The number of fused-ring (bicyclic) bond motifs is 3. The lowest BCUT2D eigenvalue weighted by Crippen LogP contribution is -2.40. The molecule has 0 fully saturated rings. The third-order valence-electron chi connectivity index (χ3n) is 6.33. The van der Waals surface area contributed by atoms with Crippen LogP contribution in [0, 0.1) is 5.92 Å². The average molecular weight is 467 g/mol. The van der Waals surface area contributed by atoms with Crippen LogP contribution in [0.1, 0.15) is 63.0 Å². The predicted octanol–water partition coefficient (Wildman–Crippen LogP) is 4.70. The van der Waals surface area contributed by atoms with E-state index < -0.39 is 18.1 Å². The average Bonchev–Trinajstić information content (AvgIpc) is 3.15. The summed E-state index contributed by atoms with van der Waals surface area (Å²) in [5.41, 5.74) is 4.73. The van der Waals surface area contributed by atoms with Crippen LogP contribution in [0.5, 0.6) is 0 Å². The number of carboxylic acids is 1. The van der Waals surface area contributed by atoms with E-state index in [1.807, 2.05) is 38.1 Å². The second kappa shape index (κ2) is 12.2. The molecular weight excluding hydrogens is 432 g/mol. The number of carboxylic acid groups (broad SMARTS) is 1. The molecule has 7 heteroatoms. The van der Waals surface area contributed by atoms with E-state index in [-0.39, 0.29) is 30.8 Å². The number of alkyl carbamates (subject to hydrolysis) is 1. The minimum atomic E-state index is -1.00. The molecule has 2 amide bonds. The van der Waals surface area contributed by atoms with Crippen LogP contribution in [0.4, 0.5) is 4.79 Å². The summed E-state index contributed by atoms with van der Waals surface area (Å²) in [7, 11) is 0. The molecule has 0 aliphatic heterocycles. The number of aliphatic carboxylic acids is 1. The second-order valence-corrected chi connectivity index (χ2v) is 8.93. The van der Waals surface area contributed by atoms with Gasteiger partial charge in [0.25, 0.3) is 0 Å². The van der Waals surface area contributed by atoms with Crippen LogP contribution in [0.15, 0.2) is 48.5 Å². The van der Waals surface area contributed by atoms with Gasteiger partial charge >= 0.3 is 12.1 Å². The molecule has 0 saturated carbocycles. The molecule has 1 unspecified atom stereocenters. The zero-order valence-electron chi connectivity index (χ0n) is 19.9. The molecule has 2 atom stereocenters. The summed E-state index contributed by atoms with van der Waals surface area (Å²) < 4.78 is 5.54. The van der Waals surface area contributed by atoms with Gasteiger partial charge in [-0.3, -0.25) is 4.79 Å². The summed E-state index contributed by atoms with van der Waals surface area (Å²) in [6.45, 7) is 4.62. The number of hydrogen-bond acceptors (Lipinski definition) is 4. The molecular formula is C27H34N2O5. The van der Waals surface area contributed by atoms with Crippen LogP contribution in [0.25, 0.3) is 11.1 Å². The van der Waals surface area contributed by atoms with Crippen LogP contribution in [-0.2, 0) is 14.3 Å². The number of ether oxygens (including phenoxy) is 1. The van der Waals surface area contributed by atoms with Crippen molar-refractivity contribution in [3.05, 3.63) is 59.7 Å². The van der Waals surface area contributed by atoms with Gasteiger partial charge in [0.2, 0.25) is 5.91 Å². The first-order chi connectivity index (χ1) is 16.4. The lowest BCUT2D eigenvalue weighted by molar-refractivity contribution is -0.142. The fourth-order valence-electron chi connectivity index (χ4n) is 4.40. The fourth-order valence-corrected chi connectivity index (χ4v) is 4.40. The summed E-state index contributed by atoms with van der Waals surface area (Å²) in [5, 5.41) is 14.5. The molecule has 2 aromatic rings. The van der Waals surface area contributed by atoms with Gasteiger partial charge in [0, 0.05) is 18.9 Å². The predicted molar refractivity (Wildman–Crippen MR) is 131 cm³/mol. The van der Waals surface area contributed by atoms with Crippen molar-refractivity contribution in [3.63, 3.8) is 0 Å². The molecule has 0 radical (unpaired) electrons. The van der Waals surface area contributed by atoms with E-state index in [9.17, 15) is 14.4 Å². The Hall–Kier alpha value is -3.35. The Morgan fingerprint density at radius 3 is 2.18 bits per heavy atom. The Morgan fingerprint density at radius 2 is 1.59 bits per heavy atom. The molecule has 3 rings (SSSR count). The van der Waals surface area contributed by atoms with Crippen molar-refractivity contribution in [1.82, 2.24) is 10.6 Å². The van der Waals surface area contributed by atoms with Gasteiger partial charge in [-0.15, -0.1) is 0 Å². The maximum absolute atomic E-state index is 12.3. The van der Waals surface area contributed by atoms with Crippen LogP contribution < -0.4 is 10.6 Å². The van der Waals surface area contributed by atoms with E-state index >= 15 is 0 Å². The molecule has 2 aromatic carbocycles. The number of hydrogen-bond donors (Lipinski definition) is 3. The topological polar surface area (TPSA) is 105 Å². The van der Waals surface area contributed by atoms with Gasteiger partial charge in [-0.1, -0.05) is 68.8 Å². The number of carbonyl (C=O) groups excluding carboxylic acids is 2. The normalized spacial score (nSPS) is 13.9. The maximum atomic E-state index is 12.3. The molecule has 0 saturated heterocycles. The quantitative estimate of drug-likeness (QED) is 0.421. The molecule has 182 valence electrons. The van der Waals surface area contributed by atoms with Gasteiger partial charge in [-0.2, -0.15) is 0 Å². The van der Waals surface area contributed by atoms with Crippen LogP contribution in [0.3, 0.4) is 0 Å². The van der Waals surface area contributed by atoms with Crippen molar-refractivity contribution in [3.8, 4) is 11.1 Å². The second-order valence-electron chi connectivity index (χ2n) is 8.93. The number of benzene rings is 2. The molecule has 0 bridgehead atoms. The molecule has 34 heavy (non-hydrogen) atoms. The Morgan fingerprint density at radius 1 is 0.971 bits per heavy atom. The number of nitrogens with one attached hydrogen (secondary N) is 2. The summed E-state index contributed by atoms with van der Waals surface area (Å²) >= 11 is 0. The van der Waals surface area contributed by atoms with Gasteiger partial charge in [0.05, 0.1) is 0 Å². The molecule has 3 N–H and O–H groups in total. The highest BCUT2D eigenvalue weighted by atomic mass is 16.5. The van der Waals surface area contributed by atoms with Crippen LogP contribution in [0.2, 0.25) is 0 Å². The Kier molecular flexibility index (Phi) is 9.08. The van der Waals surface area contributed by atoms with Crippen molar-refractivity contribution in [2.75, 3.05) is 13.2 Å².